The van der Waals surface area contributed by atoms with Crippen molar-refractivity contribution in [3.05, 3.63) is 0 Å². The molecular formula is C16H32N2O2. The molecule has 1 rings (SSSR count). The lowest BCUT2D eigenvalue weighted by Gasteiger charge is -2.40. The van der Waals surface area contributed by atoms with Gasteiger partial charge in [-0.05, 0) is 59.5 Å². The third kappa shape index (κ3) is 3.53. The summed E-state index contributed by atoms with van der Waals surface area (Å²) in [4.78, 5) is 14.7. The molecule has 1 N–H and O–H groups in total. The molecule has 1 aliphatic rings. The number of carbonyl (C=O) groups is 1. The molecule has 0 aliphatic heterocycles. The molecule has 1 fully saturated rings. The molecule has 0 aromatic heterocycles. The van der Waals surface area contributed by atoms with Crippen LogP contribution in [0.25, 0.3) is 0 Å². The molecule has 2 atom stereocenters. The van der Waals surface area contributed by atoms with Crippen LogP contribution in [-0.2, 0) is 9.53 Å². The Bertz CT molecular complexity index is 330. The van der Waals surface area contributed by atoms with Gasteiger partial charge in [-0.1, -0.05) is 13.8 Å². The van der Waals surface area contributed by atoms with Gasteiger partial charge in [0, 0.05) is 11.6 Å². The number of nitrogens with zero attached hydrogens (tertiary/aromatic N) is 1. The average Bonchev–Trinajstić information content (AvgIpc) is 2.88. The number of hydrogen-bond acceptors (Lipinski definition) is 4. The van der Waals surface area contributed by atoms with Crippen molar-refractivity contribution in [1.29, 1.82) is 0 Å². The first-order valence-electron chi connectivity index (χ1n) is 7.89. The Morgan fingerprint density at radius 3 is 2.60 bits per heavy atom. The first kappa shape index (κ1) is 17.4. The number of esters is 1. The highest BCUT2D eigenvalue weighted by Crippen LogP contribution is 2.36. The maximum Gasteiger partial charge on any atom is 0.326 e. The van der Waals surface area contributed by atoms with E-state index < -0.39 is 5.54 Å². The summed E-state index contributed by atoms with van der Waals surface area (Å²) in [5, 5.41) is 3.45. The van der Waals surface area contributed by atoms with Gasteiger partial charge in [0.1, 0.15) is 5.54 Å². The van der Waals surface area contributed by atoms with Crippen molar-refractivity contribution < 1.29 is 9.53 Å². The highest BCUT2D eigenvalue weighted by Gasteiger charge is 2.48. The maximum absolute atomic E-state index is 12.2. The van der Waals surface area contributed by atoms with Crippen molar-refractivity contribution in [1.82, 2.24) is 10.2 Å². The van der Waals surface area contributed by atoms with Gasteiger partial charge in [-0.3, -0.25) is 9.69 Å². The molecule has 1 saturated carbocycles. The standard InChI is InChI=1S/C16H32N2O2/c1-7-11-17-16(14(19)20-6)10-9-13(12-16)18(5)15(3,4)8-2/h13,17H,7-12H2,1-6H3. The van der Waals surface area contributed by atoms with Crippen molar-refractivity contribution in [2.24, 2.45) is 0 Å². The molecule has 1 aliphatic carbocycles. The Morgan fingerprint density at radius 1 is 1.45 bits per heavy atom. The van der Waals surface area contributed by atoms with E-state index in [-0.39, 0.29) is 11.5 Å². The van der Waals surface area contributed by atoms with E-state index in [1.807, 2.05) is 0 Å². The molecule has 4 heteroatoms. The van der Waals surface area contributed by atoms with E-state index in [0.29, 0.717) is 6.04 Å². The zero-order valence-electron chi connectivity index (χ0n) is 14.1. The highest BCUT2D eigenvalue weighted by atomic mass is 16.5. The molecule has 20 heavy (non-hydrogen) atoms. The average molecular weight is 284 g/mol. The minimum atomic E-state index is -0.479. The molecule has 2 unspecified atom stereocenters. The molecule has 118 valence electrons. The van der Waals surface area contributed by atoms with Gasteiger partial charge in [-0.2, -0.15) is 0 Å². The van der Waals surface area contributed by atoms with E-state index in [1.54, 1.807) is 0 Å². The SMILES string of the molecule is CCCNC1(C(=O)OC)CCC(N(C)C(C)(C)CC)C1. The lowest BCUT2D eigenvalue weighted by molar-refractivity contribution is -0.148. The van der Waals surface area contributed by atoms with Gasteiger partial charge in [0.05, 0.1) is 7.11 Å². The fraction of sp³-hybridized carbons (Fsp3) is 0.938. The largest absolute Gasteiger partial charge is 0.468 e. The van der Waals surface area contributed by atoms with Gasteiger partial charge in [0.2, 0.25) is 0 Å². The Kier molecular flexibility index (Phi) is 6.02. The summed E-state index contributed by atoms with van der Waals surface area (Å²) >= 11 is 0. The van der Waals surface area contributed by atoms with Crippen LogP contribution in [0.15, 0.2) is 0 Å². The molecule has 4 nitrogen and oxygen atoms in total. The van der Waals surface area contributed by atoms with Crippen molar-refractivity contribution >= 4 is 5.97 Å². The molecule has 0 saturated heterocycles. The highest BCUT2D eigenvalue weighted by molar-refractivity contribution is 5.81. The Balaban J connectivity index is 2.81. The summed E-state index contributed by atoms with van der Waals surface area (Å²) in [6, 6.07) is 0.438. The van der Waals surface area contributed by atoms with Gasteiger partial charge in [0.25, 0.3) is 0 Å². The van der Waals surface area contributed by atoms with Crippen LogP contribution < -0.4 is 5.32 Å². The maximum atomic E-state index is 12.2. The second-order valence-electron chi connectivity index (χ2n) is 6.67. The second-order valence-corrected chi connectivity index (χ2v) is 6.67. The zero-order valence-corrected chi connectivity index (χ0v) is 14.1. The van der Waals surface area contributed by atoms with Crippen molar-refractivity contribution in [3.8, 4) is 0 Å². The third-order valence-electron chi connectivity index (χ3n) is 5.15. The fourth-order valence-electron chi connectivity index (χ4n) is 3.07. The molecule has 0 amide bonds. The van der Waals surface area contributed by atoms with Gasteiger partial charge in [0.15, 0.2) is 0 Å². The molecule has 0 spiro atoms. The van der Waals surface area contributed by atoms with Crippen LogP contribution in [0.2, 0.25) is 0 Å². The predicted molar refractivity (Wildman–Crippen MR) is 82.8 cm³/mol. The number of methoxy groups -OCH3 is 1. The van der Waals surface area contributed by atoms with Crippen molar-refractivity contribution in [2.75, 3.05) is 20.7 Å². The monoisotopic (exact) mass is 284 g/mol. The Hall–Kier alpha value is -0.610. The molecule has 0 heterocycles. The summed E-state index contributed by atoms with van der Waals surface area (Å²) in [7, 11) is 3.67. The number of carbonyl (C=O) groups excluding carboxylic acids is 1. The van der Waals surface area contributed by atoms with Crippen molar-refractivity contribution in [2.45, 2.75) is 76.9 Å². The number of rotatable bonds is 7. The number of nitrogens with one attached hydrogen (secondary N) is 1. The van der Waals surface area contributed by atoms with Gasteiger partial charge < -0.3 is 10.1 Å². The summed E-state index contributed by atoms with van der Waals surface area (Å²) in [5.74, 6) is -0.101. The summed E-state index contributed by atoms with van der Waals surface area (Å²) in [5.41, 5.74) is -0.310. The van der Waals surface area contributed by atoms with E-state index in [4.69, 9.17) is 4.74 Å². The van der Waals surface area contributed by atoms with Crippen molar-refractivity contribution in [3.63, 3.8) is 0 Å². The smallest absolute Gasteiger partial charge is 0.326 e. The van der Waals surface area contributed by atoms with Crippen LogP contribution in [0.1, 0.15) is 59.8 Å². The van der Waals surface area contributed by atoms with Crippen LogP contribution in [0.3, 0.4) is 0 Å². The van der Waals surface area contributed by atoms with Crippen LogP contribution >= 0.6 is 0 Å². The van der Waals surface area contributed by atoms with Gasteiger partial charge in [-0.15, -0.1) is 0 Å². The predicted octanol–water partition coefficient (Wildman–Crippen LogP) is 2.57. The first-order valence-corrected chi connectivity index (χ1v) is 7.89. The lowest BCUT2D eigenvalue weighted by atomic mass is 9.94. The summed E-state index contributed by atoms with van der Waals surface area (Å²) in [6.07, 6.45) is 4.90. The van der Waals surface area contributed by atoms with Gasteiger partial charge in [-0.25, -0.2) is 0 Å². The molecule has 0 radical (unpaired) electrons. The Labute approximate surface area is 124 Å². The van der Waals surface area contributed by atoms with E-state index >= 15 is 0 Å². The van der Waals surface area contributed by atoms with E-state index in [2.05, 4.69) is 45.0 Å². The van der Waals surface area contributed by atoms with Crippen LogP contribution in [0, 0.1) is 0 Å². The molecule has 0 aromatic carbocycles. The molecular weight excluding hydrogens is 252 g/mol. The first-order chi connectivity index (χ1) is 9.33. The van der Waals surface area contributed by atoms with Crippen LogP contribution in [0.4, 0.5) is 0 Å². The second kappa shape index (κ2) is 6.90. The van der Waals surface area contributed by atoms with Gasteiger partial charge >= 0.3 is 5.97 Å². The lowest BCUT2D eigenvalue weighted by Crippen LogP contribution is -2.53. The fourth-order valence-corrected chi connectivity index (χ4v) is 3.07. The number of hydrogen-bond donors (Lipinski definition) is 1. The minimum absolute atomic E-state index is 0.101. The zero-order chi connectivity index (χ0) is 15.4. The summed E-state index contributed by atoms with van der Waals surface area (Å²) in [6.45, 7) is 9.74. The van der Waals surface area contributed by atoms with E-state index in [0.717, 1.165) is 38.6 Å². The normalized spacial score (nSPS) is 27.1. The van der Waals surface area contributed by atoms with E-state index in [1.165, 1.54) is 7.11 Å². The Morgan fingerprint density at radius 2 is 2.10 bits per heavy atom. The molecule has 0 bridgehead atoms. The topological polar surface area (TPSA) is 41.6 Å². The summed E-state index contributed by atoms with van der Waals surface area (Å²) < 4.78 is 5.05. The minimum Gasteiger partial charge on any atom is -0.468 e. The van der Waals surface area contributed by atoms with Crippen LogP contribution in [0.5, 0.6) is 0 Å². The quantitative estimate of drug-likeness (QED) is 0.730. The number of ether oxygens (including phenoxy) is 1. The third-order valence-corrected chi connectivity index (χ3v) is 5.15. The van der Waals surface area contributed by atoms with Crippen LogP contribution in [-0.4, -0.2) is 48.7 Å². The molecule has 0 aromatic rings. The van der Waals surface area contributed by atoms with E-state index in [9.17, 15) is 4.79 Å².